The Hall–Kier alpha value is -0.360. The van der Waals surface area contributed by atoms with Crippen LogP contribution in [0.5, 0.6) is 0 Å². The summed E-state index contributed by atoms with van der Waals surface area (Å²) in [5.41, 5.74) is -0.863. The molecule has 0 amide bonds. The van der Waals surface area contributed by atoms with Crippen LogP contribution in [0.15, 0.2) is 0 Å². The zero-order valence-corrected chi connectivity index (χ0v) is 13.0. The molecule has 6 N–H and O–H groups in total. The Morgan fingerprint density at radius 2 is 1.78 bits per heavy atom. The van der Waals surface area contributed by atoms with Gasteiger partial charge in [-0.05, 0) is 6.92 Å². The predicted molar refractivity (Wildman–Crippen MR) is 75.3 cm³/mol. The smallest absolute Gasteiger partial charge is 0.186 e. The van der Waals surface area contributed by atoms with E-state index in [-0.39, 0.29) is 19.6 Å². The zero-order valence-electron chi connectivity index (χ0n) is 13.0. The Balaban J connectivity index is 1.88. The highest BCUT2D eigenvalue weighted by molar-refractivity contribution is 4.93. The Morgan fingerprint density at radius 1 is 1.09 bits per heavy atom. The van der Waals surface area contributed by atoms with Gasteiger partial charge in [-0.1, -0.05) is 0 Å². The molecule has 0 saturated carbocycles. The normalized spacial score (nSPS) is 47.9. The van der Waals surface area contributed by atoms with Gasteiger partial charge in [-0.15, -0.1) is 0 Å². The monoisotopic (exact) mass is 338 g/mol. The molecule has 2 aliphatic rings. The highest BCUT2D eigenvalue weighted by atomic mass is 16.7. The van der Waals surface area contributed by atoms with E-state index in [9.17, 15) is 20.4 Å². The summed E-state index contributed by atoms with van der Waals surface area (Å²) in [5.74, 6) is 0. The quantitative estimate of drug-likeness (QED) is 0.300. The summed E-state index contributed by atoms with van der Waals surface area (Å²) in [5, 5.41) is 57.4. The first-order chi connectivity index (χ1) is 10.8. The SMILES string of the molecule is C[C@@]1(CCO)O[C@H](CO[C@H]2OC(CO)[C@@H](O)C(O)C2O)CC1O. The maximum atomic E-state index is 10.0. The molecule has 9 nitrogen and oxygen atoms in total. The summed E-state index contributed by atoms with van der Waals surface area (Å²) in [6.45, 7) is 1.04. The Kier molecular flexibility index (Phi) is 6.34. The van der Waals surface area contributed by atoms with Crippen molar-refractivity contribution in [2.75, 3.05) is 19.8 Å². The second-order valence-electron chi connectivity index (χ2n) is 6.31. The maximum Gasteiger partial charge on any atom is 0.186 e. The second-order valence-corrected chi connectivity index (χ2v) is 6.31. The maximum absolute atomic E-state index is 10.0. The van der Waals surface area contributed by atoms with Crippen molar-refractivity contribution >= 4 is 0 Å². The largest absolute Gasteiger partial charge is 0.396 e. The average molecular weight is 338 g/mol. The lowest BCUT2D eigenvalue weighted by molar-refractivity contribution is -0.305. The van der Waals surface area contributed by atoms with Crippen molar-refractivity contribution in [2.24, 2.45) is 0 Å². The molecule has 2 rings (SSSR count). The van der Waals surface area contributed by atoms with Crippen molar-refractivity contribution < 1.29 is 44.8 Å². The van der Waals surface area contributed by atoms with E-state index in [1.165, 1.54) is 0 Å². The molecule has 8 atom stereocenters. The number of aliphatic hydroxyl groups is 6. The molecule has 0 bridgehead atoms. The first kappa shape index (κ1) is 19.0. The van der Waals surface area contributed by atoms with Gasteiger partial charge in [0, 0.05) is 19.4 Å². The van der Waals surface area contributed by atoms with Crippen molar-refractivity contribution in [2.45, 2.75) is 68.3 Å². The first-order valence-electron chi connectivity index (χ1n) is 7.71. The van der Waals surface area contributed by atoms with Crippen LogP contribution in [-0.2, 0) is 14.2 Å². The van der Waals surface area contributed by atoms with E-state index in [2.05, 4.69) is 0 Å². The topological polar surface area (TPSA) is 149 Å². The number of hydrogen-bond donors (Lipinski definition) is 6. The summed E-state index contributed by atoms with van der Waals surface area (Å²) in [7, 11) is 0. The van der Waals surface area contributed by atoms with Crippen LogP contribution in [0.25, 0.3) is 0 Å². The third kappa shape index (κ3) is 4.01. The molecule has 0 aromatic rings. The van der Waals surface area contributed by atoms with Crippen molar-refractivity contribution in [3.8, 4) is 0 Å². The van der Waals surface area contributed by atoms with Crippen molar-refractivity contribution in [1.82, 2.24) is 0 Å². The predicted octanol–water partition coefficient (Wildman–Crippen LogP) is -2.91. The van der Waals surface area contributed by atoms with Gasteiger partial charge in [-0.25, -0.2) is 0 Å². The highest BCUT2D eigenvalue weighted by Crippen LogP contribution is 2.34. The minimum Gasteiger partial charge on any atom is -0.396 e. The summed E-state index contributed by atoms with van der Waals surface area (Å²) >= 11 is 0. The van der Waals surface area contributed by atoms with E-state index in [1.54, 1.807) is 6.92 Å². The Bertz CT molecular complexity index is 379. The van der Waals surface area contributed by atoms with Crippen LogP contribution in [-0.4, -0.2) is 99.0 Å². The highest BCUT2D eigenvalue weighted by Gasteiger charge is 2.46. The molecule has 0 radical (unpaired) electrons. The van der Waals surface area contributed by atoms with Crippen LogP contribution >= 0.6 is 0 Å². The summed E-state index contributed by atoms with van der Waals surface area (Å²) in [4.78, 5) is 0. The molecule has 0 spiro atoms. The fourth-order valence-electron chi connectivity index (χ4n) is 2.96. The lowest BCUT2D eigenvalue weighted by Crippen LogP contribution is -2.59. The van der Waals surface area contributed by atoms with Gasteiger partial charge in [0.15, 0.2) is 6.29 Å². The molecule has 9 heteroatoms. The van der Waals surface area contributed by atoms with E-state index >= 15 is 0 Å². The molecule has 23 heavy (non-hydrogen) atoms. The molecular weight excluding hydrogens is 312 g/mol. The van der Waals surface area contributed by atoms with E-state index < -0.39 is 55.1 Å². The molecule has 0 aromatic carbocycles. The molecule has 0 aromatic heterocycles. The fourth-order valence-corrected chi connectivity index (χ4v) is 2.96. The lowest BCUT2D eigenvalue weighted by atomic mass is 9.95. The van der Waals surface area contributed by atoms with Gasteiger partial charge in [-0.2, -0.15) is 0 Å². The van der Waals surface area contributed by atoms with Crippen LogP contribution in [0.3, 0.4) is 0 Å². The van der Waals surface area contributed by atoms with E-state index in [1.807, 2.05) is 0 Å². The van der Waals surface area contributed by atoms with Crippen LogP contribution in [0.2, 0.25) is 0 Å². The van der Waals surface area contributed by atoms with E-state index in [0.29, 0.717) is 6.42 Å². The van der Waals surface area contributed by atoms with Crippen molar-refractivity contribution in [3.05, 3.63) is 0 Å². The molecule has 2 aliphatic heterocycles. The fraction of sp³-hybridized carbons (Fsp3) is 1.00. The average Bonchev–Trinajstić information content (AvgIpc) is 2.79. The summed E-state index contributed by atoms with van der Waals surface area (Å²) in [6.07, 6.45) is -7.30. The van der Waals surface area contributed by atoms with Crippen LogP contribution in [0.4, 0.5) is 0 Å². The second kappa shape index (κ2) is 7.68. The standard InChI is InChI=1S/C14H26O9/c1-14(2-3-15)9(17)4-7(23-14)6-21-13-12(20)11(19)10(18)8(5-16)22-13/h7-13,15-20H,2-6H2,1H3/t7-,8?,9?,10+,11?,12?,13-,14-/m0/s1. The van der Waals surface area contributed by atoms with E-state index in [0.717, 1.165) is 0 Å². The van der Waals surface area contributed by atoms with Crippen LogP contribution < -0.4 is 0 Å². The lowest BCUT2D eigenvalue weighted by Gasteiger charge is -2.39. The van der Waals surface area contributed by atoms with Crippen molar-refractivity contribution in [1.29, 1.82) is 0 Å². The van der Waals surface area contributed by atoms with Gasteiger partial charge in [0.1, 0.15) is 24.4 Å². The van der Waals surface area contributed by atoms with Gasteiger partial charge in [0.05, 0.1) is 31.0 Å². The summed E-state index contributed by atoms with van der Waals surface area (Å²) in [6, 6.07) is 0. The van der Waals surface area contributed by atoms with Gasteiger partial charge in [-0.3, -0.25) is 0 Å². The minimum atomic E-state index is -1.50. The number of aliphatic hydroxyl groups excluding tert-OH is 6. The molecular formula is C14H26O9. The van der Waals surface area contributed by atoms with Gasteiger partial charge >= 0.3 is 0 Å². The molecule has 2 heterocycles. The minimum absolute atomic E-state index is 0.0131. The molecule has 2 saturated heterocycles. The number of rotatable bonds is 6. The molecule has 4 unspecified atom stereocenters. The molecule has 136 valence electrons. The van der Waals surface area contributed by atoms with Gasteiger partial charge < -0.3 is 44.8 Å². The number of hydrogen-bond acceptors (Lipinski definition) is 9. The van der Waals surface area contributed by atoms with Crippen LogP contribution in [0.1, 0.15) is 19.8 Å². The number of ether oxygens (including phenoxy) is 3. The van der Waals surface area contributed by atoms with Gasteiger partial charge in [0.25, 0.3) is 0 Å². The molecule has 0 aliphatic carbocycles. The Morgan fingerprint density at radius 3 is 2.39 bits per heavy atom. The van der Waals surface area contributed by atoms with Crippen LogP contribution in [0, 0.1) is 0 Å². The van der Waals surface area contributed by atoms with Crippen molar-refractivity contribution in [3.63, 3.8) is 0 Å². The van der Waals surface area contributed by atoms with E-state index in [4.69, 9.17) is 24.4 Å². The van der Waals surface area contributed by atoms with Gasteiger partial charge in [0.2, 0.25) is 0 Å². The first-order valence-corrected chi connectivity index (χ1v) is 7.71. The Labute approximate surface area is 134 Å². The summed E-state index contributed by atoms with van der Waals surface area (Å²) < 4.78 is 16.3. The third-order valence-electron chi connectivity index (χ3n) is 4.53. The third-order valence-corrected chi connectivity index (χ3v) is 4.53. The zero-order chi connectivity index (χ0) is 17.2. The molecule has 2 fully saturated rings.